The summed E-state index contributed by atoms with van der Waals surface area (Å²) in [5.41, 5.74) is 0. The van der Waals surface area contributed by atoms with E-state index in [2.05, 4.69) is 0 Å². The second-order valence-corrected chi connectivity index (χ2v) is 5.90. The molecule has 10 nitrogen and oxygen atoms in total. The lowest BCUT2D eigenvalue weighted by atomic mass is 9.92. The van der Waals surface area contributed by atoms with E-state index < -0.39 is 74.4 Å². The van der Waals surface area contributed by atoms with Crippen LogP contribution in [0.4, 0.5) is 0 Å². The Hall–Kier alpha value is -0.400. The van der Waals surface area contributed by atoms with Gasteiger partial charge in [0.15, 0.2) is 12.6 Å². The van der Waals surface area contributed by atoms with Gasteiger partial charge in [-0.1, -0.05) is 6.92 Å². The van der Waals surface area contributed by atoms with Crippen LogP contribution in [0.3, 0.4) is 0 Å². The van der Waals surface area contributed by atoms with Crippen LogP contribution in [0.15, 0.2) is 0 Å². The minimum atomic E-state index is -1.68. The van der Waals surface area contributed by atoms with Crippen molar-refractivity contribution in [2.45, 2.75) is 62.2 Å². The third-order valence-electron chi connectivity index (χ3n) is 4.32. The molecule has 10 unspecified atom stereocenters. The molecule has 136 valence electrons. The lowest BCUT2D eigenvalue weighted by molar-refractivity contribution is -0.347. The maximum Gasteiger partial charge on any atom is 0.184 e. The van der Waals surface area contributed by atoms with Gasteiger partial charge >= 0.3 is 0 Å². The molecule has 0 radical (unpaired) electrons. The van der Waals surface area contributed by atoms with Gasteiger partial charge in [0.2, 0.25) is 0 Å². The summed E-state index contributed by atoms with van der Waals surface area (Å²) in [5, 5.41) is 67.7. The van der Waals surface area contributed by atoms with Gasteiger partial charge in [0, 0.05) is 5.92 Å². The Bertz CT molecular complexity index is 380. The maximum absolute atomic E-state index is 10.1. The fourth-order valence-corrected chi connectivity index (χ4v) is 2.76. The highest BCUT2D eigenvalue weighted by atomic mass is 16.7. The Morgan fingerprint density at radius 1 is 0.783 bits per heavy atom. The molecule has 0 saturated carbocycles. The summed E-state index contributed by atoms with van der Waals surface area (Å²) in [6.07, 6.45) is -12.1. The second-order valence-electron chi connectivity index (χ2n) is 5.90. The molecule has 2 fully saturated rings. The molecular weight excluding hydrogens is 316 g/mol. The van der Waals surface area contributed by atoms with Gasteiger partial charge in [-0.05, 0) is 0 Å². The Morgan fingerprint density at radius 3 is 1.91 bits per heavy atom. The molecule has 0 aromatic carbocycles. The van der Waals surface area contributed by atoms with Crippen molar-refractivity contribution in [1.29, 1.82) is 0 Å². The van der Waals surface area contributed by atoms with E-state index in [-0.39, 0.29) is 0 Å². The van der Waals surface area contributed by atoms with Crippen LogP contribution in [-0.4, -0.2) is 104 Å². The molecule has 23 heavy (non-hydrogen) atoms. The van der Waals surface area contributed by atoms with Crippen LogP contribution >= 0.6 is 0 Å². The molecular formula is C13H24O10. The molecule has 7 N–H and O–H groups in total. The van der Waals surface area contributed by atoms with Crippen molar-refractivity contribution in [2.75, 3.05) is 13.2 Å². The van der Waals surface area contributed by atoms with Crippen molar-refractivity contribution < 1.29 is 50.0 Å². The number of aliphatic hydroxyl groups excluding tert-OH is 7. The summed E-state index contributed by atoms with van der Waals surface area (Å²) < 4.78 is 15.7. The summed E-state index contributed by atoms with van der Waals surface area (Å²) in [5.74, 6) is -0.736. The van der Waals surface area contributed by atoms with Crippen LogP contribution in [0, 0.1) is 5.92 Å². The lowest BCUT2D eigenvalue weighted by Gasteiger charge is -2.45. The average Bonchev–Trinajstić information content (AvgIpc) is 2.54. The van der Waals surface area contributed by atoms with Gasteiger partial charge in [0.25, 0.3) is 0 Å². The number of rotatable bonds is 4. The largest absolute Gasteiger partial charge is 0.394 e. The molecule has 0 spiro atoms. The average molecular weight is 340 g/mol. The summed E-state index contributed by atoms with van der Waals surface area (Å²) in [6, 6.07) is 0. The van der Waals surface area contributed by atoms with Gasteiger partial charge in [-0.3, -0.25) is 0 Å². The second kappa shape index (κ2) is 7.66. The third-order valence-corrected chi connectivity index (χ3v) is 4.32. The zero-order valence-electron chi connectivity index (χ0n) is 12.5. The lowest BCUT2D eigenvalue weighted by Crippen LogP contribution is -2.62. The summed E-state index contributed by atoms with van der Waals surface area (Å²) in [7, 11) is 0. The highest BCUT2D eigenvalue weighted by molar-refractivity contribution is 4.92. The maximum atomic E-state index is 10.1. The minimum Gasteiger partial charge on any atom is -0.394 e. The quantitative estimate of drug-likeness (QED) is 0.267. The highest BCUT2D eigenvalue weighted by Gasteiger charge is 2.49. The van der Waals surface area contributed by atoms with Crippen LogP contribution in [0.5, 0.6) is 0 Å². The molecule has 2 aliphatic heterocycles. The van der Waals surface area contributed by atoms with E-state index in [0.29, 0.717) is 0 Å². The van der Waals surface area contributed by atoms with Crippen molar-refractivity contribution >= 4 is 0 Å². The minimum absolute atomic E-state index is 0.564. The first-order valence-corrected chi connectivity index (χ1v) is 7.40. The SMILES string of the molecule is CC1C(OC2C(O)C(O)OC(CO)C2O)OC(CO)C(O)C1O. The smallest absolute Gasteiger partial charge is 0.184 e. The Kier molecular flexibility index (Phi) is 6.30. The number of ether oxygens (including phenoxy) is 3. The zero-order valence-corrected chi connectivity index (χ0v) is 12.5. The predicted octanol–water partition coefficient (Wildman–Crippen LogP) is -4.12. The van der Waals surface area contributed by atoms with Crippen molar-refractivity contribution in [1.82, 2.24) is 0 Å². The molecule has 0 aromatic rings. The summed E-state index contributed by atoms with van der Waals surface area (Å²) >= 11 is 0. The normalized spacial score (nSPS) is 51.7. The number of hydrogen-bond donors (Lipinski definition) is 7. The van der Waals surface area contributed by atoms with Crippen LogP contribution in [0.1, 0.15) is 6.92 Å². The van der Waals surface area contributed by atoms with Crippen molar-refractivity contribution in [3.05, 3.63) is 0 Å². The monoisotopic (exact) mass is 340 g/mol. The zero-order chi connectivity index (χ0) is 17.3. The molecule has 0 aromatic heterocycles. The topological polar surface area (TPSA) is 169 Å². The van der Waals surface area contributed by atoms with Crippen LogP contribution < -0.4 is 0 Å². The number of aliphatic hydroxyl groups is 7. The van der Waals surface area contributed by atoms with E-state index >= 15 is 0 Å². The molecule has 0 amide bonds. The van der Waals surface area contributed by atoms with Crippen molar-refractivity contribution in [3.63, 3.8) is 0 Å². The molecule has 10 heteroatoms. The van der Waals surface area contributed by atoms with Crippen LogP contribution in [0.25, 0.3) is 0 Å². The van der Waals surface area contributed by atoms with Gasteiger partial charge in [0.1, 0.15) is 36.6 Å². The van der Waals surface area contributed by atoms with Gasteiger partial charge in [-0.25, -0.2) is 0 Å². The van der Waals surface area contributed by atoms with E-state index in [0.717, 1.165) is 0 Å². The molecule has 10 atom stereocenters. The van der Waals surface area contributed by atoms with Gasteiger partial charge < -0.3 is 50.0 Å². The first kappa shape index (κ1) is 18.9. The Morgan fingerprint density at radius 2 is 1.35 bits per heavy atom. The van der Waals surface area contributed by atoms with E-state index in [4.69, 9.17) is 19.3 Å². The van der Waals surface area contributed by atoms with Crippen LogP contribution in [0.2, 0.25) is 0 Å². The fourth-order valence-electron chi connectivity index (χ4n) is 2.76. The number of hydrogen-bond acceptors (Lipinski definition) is 10. The third kappa shape index (κ3) is 3.66. The standard InChI is InChI=1S/C13H24O10/c1-4-7(16)8(17)5(2-14)22-13(4)23-11-9(18)6(3-15)21-12(20)10(11)19/h4-20H,2-3H2,1H3. The molecule has 0 bridgehead atoms. The van der Waals surface area contributed by atoms with E-state index in [1.165, 1.54) is 6.92 Å². The first-order chi connectivity index (χ1) is 10.8. The first-order valence-electron chi connectivity index (χ1n) is 7.40. The van der Waals surface area contributed by atoms with E-state index in [1.807, 2.05) is 0 Å². The van der Waals surface area contributed by atoms with E-state index in [1.54, 1.807) is 0 Å². The predicted molar refractivity (Wildman–Crippen MR) is 71.8 cm³/mol. The molecule has 2 saturated heterocycles. The van der Waals surface area contributed by atoms with Crippen molar-refractivity contribution in [3.8, 4) is 0 Å². The molecule has 2 rings (SSSR count). The Balaban J connectivity index is 2.11. The molecule has 2 aliphatic rings. The summed E-state index contributed by atoms with van der Waals surface area (Å²) in [6.45, 7) is 0.349. The highest BCUT2D eigenvalue weighted by Crippen LogP contribution is 2.31. The fraction of sp³-hybridized carbons (Fsp3) is 1.00. The Labute approximate surface area is 132 Å². The van der Waals surface area contributed by atoms with Gasteiger partial charge in [-0.2, -0.15) is 0 Å². The van der Waals surface area contributed by atoms with Crippen LogP contribution in [-0.2, 0) is 14.2 Å². The molecule has 0 aliphatic carbocycles. The van der Waals surface area contributed by atoms with E-state index in [9.17, 15) is 30.6 Å². The summed E-state index contributed by atoms with van der Waals surface area (Å²) in [4.78, 5) is 0. The van der Waals surface area contributed by atoms with Gasteiger partial charge in [0.05, 0.1) is 19.3 Å². The van der Waals surface area contributed by atoms with Gasteiger partial charge in [-0.15, -0.1) is 0 Å². The van der Waals surface area contributed by atoms with Crippen molar-refractivity contribution in [2.24, 2.45) is 5.92 Å². The molecule has 2 heterocycles.